The summed E-state index contributed by atoms with van der Waals surface area (Å²) in [6.45, 7) is 2.02. The zero-order chi connectivity index (χ0) is 13.1. The molecule has 0 radical (unpaired) electrons. The Labute approximate surface area is 120 Å². The molecule has 2 rings (SSSR count). The van der Waals surface area contributed by atoms with Crippen LogP contribution in [0.25, 0.3) is 10.9 Å². The number of carbonyl (C=O) groups is 1. The molecule has 0 amide bonds. The Balaban J connectivity index is 0.00000180. The van der Waals surface area contributed by atoms with Crippen molar-refractivity contribution in [3.8, 4) is 0 Å². The zero-order valence-electron chi connectivity index (χ0n) is 10.2. The zero-order valence-corrected chi connectivity index (χ0v) is 11.7. The van der Waals surface area contributed by atoms with Crippen molar-refractivity contribution in [1.29, 1.82) is 0 Å². The van der Waals surface area contributed by atoms with E-state index < -0.39 is 5.97 Å². The highest BCUT2D eigenvalue weighted by molar-refractivity contribution is 6.31. The summed E-state index contributed by atoms with van der Waals surface area (Å²) >= 11 is 5.82. The second kappa shape index (κ2) is 6.54. The molecule has 102 valence electrons. The Morgan fingerprint density at radius 1 is 1.47 bits per heavy atom. The second-order valence-corrected chi connectivity index (χ2v) is 4.16. The molecule has 0 fully saturated rings. The first-order valence-electron chi connectivity index (χ1n) is 5.48. The number of carbonyl (C=O) groups excluding carboxylic acids is 1. The molecule has 0 aliphatic heterocycles. The van der Waals surface area contributed by atoms with E-state index in [1.807, 2.05) is 0 Å². The smallest absolute Gasteiger partial charge is 0.375 e. The van der Waals surface area contributed by atoms with Gasteiger partial charge in [0.2, 0.25) is 6.20 Å². The predicted octanol–water partition coefficient (Wildman–Crippen LogP) is -1.96. The lowest BCUT2D eigenvalue weighted by Crippen LogP contribution is -3.00. The van der Waals surface area contributed by atoms with Crippen molar-refractivity contribution in [1.82, 2.24) is 5.10 Å². The minimum absolute atomic E-state index is 0. The van der Waals surface area contributed by atoms with Crippen molar-refractivity contribution < 1.29 is 26.6 Å². The van der Waals surface area contributed by atoms with Gasteiger partial charge in [-0.2, -0.15) is 5.10 Å². The number of ether oxygens (including phenoxy) is 1. The van der Waals surface area contributed by atoms with Crippen LogP contribution in [0.5, 0.6) is 0 Å². The second-order valence-electron chi connectivity index (χ2n) is 3.73. The van der Waals surface area contributed by atoms with E-state index in [1.165, 1.54) is 10.9 Å². The van der Waals surface area contributed by atoms with Crippen LogP contribution < -0.4 is 22.5 Å². The number of benzene rings is 1. The first-order chi connectivity index (χ1) is 8.60. The minimum atomic E-state index is -0.397. The third-order valence-electron chi connectivity index (χ3n) is 2.39. The van der Waals surface area contributed by atoms with Crippen LogP contribution in [0, 0.1) is 0 Å². The van der Waals surface area contributed by atoms with E-state index in [0.29, 0.717) is 22.5 Å². The van der Waals surface area contributed by atoms with Gasteiger partial charge < -0.3 is 17.1 Å². The van der Waals surface area contributed by atoms with Crippen LogP contribution in [-0.4, -0.2) is 17.7 Å². The van der Waals surface area contributed by atoms with Gasteiger partial charge in [0.1, 0.15) is 5.52 Å². The molecule has 0 bridgehead atoms. The van der Waals surface area contributed by atoms with Gasteiger partial charge in [0, 0.05) is 5.02 Å². The van der Waals surface area contributed by atoms with Crippen LogP contribution in [0.15, 0.2) is 29.2 Å². The number of H-pyrrole nitrogens is 1. The molecule has 1 heterocycles. The van der Waals surface area contributed by atoms with Gasteiger partial charge in [-0.15, -0.1) is 4.68 Å². The van der Waals surface area contributed by atoms with Gasteiger partial charge in [-0.05, 0) is 25.1 Å². The fourth-order valence-electron chi connectivity index (χ4n) is 1.65. The number of hydrogen-bond donors (Lipinski definition) is 1. The number of aromatic nitrogens is 2. The number of esters is 1. The molecular weight excluding hydrogens is 291 g/mol. The summed E-state index contributed by atoms with van der Waals surface area (Å²) in [5.74, 6) is -0.397. The van der Waals surface area contributed by atoms with Gasteiger partial charge in [0.05, 0.1) is 12.0 Å². The van der Waals surface area contributed by atoms with E-state index in [-0.39, 0.29) is 24.4 Å². The fourth-order valence-corrected chi connectivity index (χ4v) is 1.82. The maximum Gasteiger partial charge on any atom is 0.375 e. The van der Waals surface area contributed by atoms with E-state index in [9.17, 15) is 9.59 Å². The van der Waals surface area contributed by atoms with Crippen molar-refractivity contribution in [3.05, 3.63) is 39.6 Å². The van der Waals surface area contributed by atoms with E-state index in [4.69, 9.17) is 16.3 Å². The topological polar surface area (TPSA) is 63.0 Å². The van der Waals surface area contributed by atoms with Gasteiger partial charge in [-0.3, -0.25) is 4.79 Å². The van der Waals surface area contributed by atoms with Crippen molar-refractivity contribution >= 4 is 28.5 Å². The molecule has 1 aromatic carbocycles. The molecule has 0 saturated carbocycles. The summed E-state index contributed by atoms with van der Waals surface area (Å²) in [5, 5.41) is 3.93. The third-order valence-corrected chi connectivity index (χ3v) is 2.62. The molecule has 0 atom stereocenters. The molecule has 19 heavy (non-hydrogen) atoms. The summed E-state index contributed by atoms with van der Waals surface area (Å²) in [6, 6.07) is 4.96. The van der Waals surface area contributed by atoms with Crippen molar-refractivity contribution in [3.63, 3.8) is 0 Å². The van der Waals surface area contributed by atoms with Gasteiger partial charge in [0.15, 0.2) is 0 Å². The number of halogens is 2. The van der Waals surface area contributed by atoms with Crippen LogP contribution >= 0.6 is 11.6 Å². The molecule has 0 aliphatic rings. The Hall–Kier alpha value is -1.59. The normalized spacial score (nSPS) is 10.0. The van der Waals surface area contributed by atoms with Crippen LogP contribution in [-0.2, 0) is 16.1 Å². The molecule has 0 unspecified atom stereocenters. The number of nitrogens with zero attached hydrogens (tertiary/aromatic N) is 1. The van der Waals surface area contributed by atoms with Crippen molar-refractivity contribution in [2.75, 3.05) is 6.61 Å². The monoisotopic (exact) mass is 302 g/mol. The Morgan fingerprint density at radius 3 is 2.89 bits per heavy atom. The highest BCUT2D eigenvalue weighted by Crippen LogP contribution is 2.13. The summed E-state index contributed by atoms with van der Waals surface area (Å²) in [4.78, 5) is 23.2. The summed E-state index contributed by atoms with van der Waals surface area (Å²) in [7, 11) is 0. The van der Waals surface area contributed by atoms with Crippen LogP contribution in [0.1, 0.15) is 6.92 Å². The predicted molar refractivity (Wildman–Crippen MR) is 66.4 cm³/mol. The summed E-state index contributed by atoms with van der Waals surface area (Å²) in [6.07, 6.45) is 1.32. The number of rotatable bonds is 3. The summed E-state index contributed by atoms with van der Waals surface area (Å²) in [5.41, 5.74) is 0.423. The fraction of sp³-hybridized carbons (Fsp3) is 0.250. The average molecular weight is 303 g/mol. The quantitative estimate of drug-likeness (QED) is 0.529. The number of fused-ring (bicyclic) bond motifs is 1. The number of nitrogens with one attached hydrogen (secondary N) is 1. The van der Waals surface area contributed by atoms with Gasteiger partial charge in [-0.1, -0.05) is 11.6 Å². The lowest BCUT2D eigenvalue weighted by molar-refractivity contribution is -0.741. The average Bonchev–Trinajstić information content (AvgIpc) is 2.30. The SMILES string of the molecule is CCOC(=O)C[n+]1cc(=O)c2cc(Cl)ccc2[nH]1.[Cl-]. The molecule has 7 heteroatoms. The van der Waals surface area contributed by atoms with E-state index in [0.717, 1.165) is 0 Å². The lowest BCUT2D eigenvalue weighted by atomic mass is 10.2. The Kier molecular flexibility index (Phi) is 5.32. The van der Waals surface area contributed by atoms with E-state index in [1.54, 1.807) is 25.1 Å². The lowest BCUT2D eigenvalue weighted by Gasteiger charge is -2.00. The Morgan fingerprint density at radius 2 is 2.21 bits per heavy atom. The maximum absolute atomic E-state index is 11.8. The number of hydrogen-bond acceptors (Lipinski definition) is 3. The van der Waals surface area contributed by atoms with Crippen LogP contribution in [0.3, 0.4) is 0 Å². The highest BCUT2D eigenvalue weighted by atomic mass is 35.5. The first-order valence-corrected chi connectivity index (χ1v) is 5.85. The Bertz CT molecular complexity index is 655. The first kappa shape index (κ1) is 15.5. The largest absolute Gasteiger partial charge is 1.00 e. The minimum Gasteiger partial charge on any atom is -1.00 e. The highest BCUT2D eigenvalue weighted by Gasteiger charge is 2.13. The summed E-state index contributed by atoms with van der Waals surface area (Å²) < 4.78 is 6.21. The van der Waals surface area contributed by atoms with Crippen LogP contribution in [0.2, 0.25) is 5.02 Å². The van der Waals surface area contributed by atoms with Gasteiger partial charge in [-0.25, -0.2) is 4.79 Å². The molecule has 0 aliphatic carbocycles. The molecule has 2 aromatic rings. The molecule has 0 spiro atoms. The van der Waals surface area contributed by atoms with Crippen LogP contribution in [0.4, 0.5) is 0 Å². The van der Waals surface area contributed by atoms with Crippen molar-refractivity contribution in [2.24, 2.45) is 0 Å². The van der Waals surface area contributed by atoms with Crippen molar-refractivity contribution in [2.45, 2.75) is 13.5 Å². The maximum atomic E-state index is 11.8. The molecule has 1 N–H and O–H groups in total. The van der Waals surface area contributed by atoms with Gasteiger partial charge in [0.25, 0.3) is 12.0 Å². The standard InChI is InChI=1S/C12H11ClN2O3.ClH/c1-2-18-12(17)7-15-6-11(16)9-5-8(13)3-4-10(9)14-15;/h3-6H,2,7H2,1H3;1H. The number of aromatic amines is 1. The van der Waals surface area contributed by atoms with Gasteiger partial charge >= 0.3 is 5.97 Å². The molecule has 1 aromatic heterocycles. The molecule has 5 nitrogen and oxygen atoms in total. The van der Waals surface area contributed by atoms with E-state index >= 15 is 0 Å². The molecular formula is C12H12Cl2N2O3. The van der Waals surface area contributed by atoms with E-state index in [2.05, 4.69) is 5.10 Å². The molecule has 0 saturated heterocycles. The third kappa shape index (κ3) is 3.68.